The number of carbonyl (C=O) groups is 1. The Morgan fingerprint density at radius 1 is 1.72 bits per heavy atom. The van der Waals surface area contributed by atoms with Crippen molar-refractivity contribution in [1.82, 2.24) is 4.98 Å². The molecule has 6 heteroatoms. The van der Waals surface area contributed by atoms with Gasteiger partial charge >= 0.3 is 0 Å². The summed E-state index contributed by atoms with van der Waals surface area (Å²) in [6.07, 6.45) is 0.986. The molecule has 6 nitrogen and oxygen atoms in total. The van der Waals surface area contributed by atoms with Crippen LogP contribution in [0.5, 0.6) is 0 Å². The second kappa shape index (κ2) is 5.32. The first-order valence-electron chi connectivity index (χ1n) is 5.88. The summed E-state index contributed by atoms with van der Waals surface area (Å²) in [7, 11) is 0. The van der Waals surface area contributed by atoms with Gasteiger partial charge in [0.1, 0.15) is 11.9 Å². The van der Waals surface area contributed by atoms with E-state index in [0.717, 1.165) is 0 Å². The number of anilines is 1. The van der Waals surface area contributed by atoms with Gasteiger partial charge in [0.15, 0.2) is 0 Å². The van der Waals surface area contributed by atoms with Crippen LogP contribution in [0.15, 0.2) is 18.3 Å². The lowest BCUT2D eigenvalue weighted by Crippen LogP contribution is -2.53. The van der Waals surface area contributed by atoms with Crippen LogP contribution in [-0.4, -0.2) is 41.8 Å². The maximum absolute atomic E-state index is 11.4. The van der Waals surface area contributed by atoms with Crippen molar-refractivity contribution in [2.24, 2.45) is 5.73 Å². The highest BCUT2D eigenvalue weighted by molar-refractivity contribution is 5.84. The zero-order valence-corrected chi connectivity index (χ0v) is 10.2. The highest BCUT2D eigenvalue weighted by Crippen LogP contribution is 2.26. The van der Waals surface area contributed by atoms with Crippen LogP contribution in [0.1, 0.15) is 18.6 Å². The van der Waals surface area contributed by atoms with Gasteiger partial charge in [0.2, 0.25) is 5.91 Å². The molecule has 0 aliphatic carbocycles. The number of morpholine rings is 1. The fraction of sp³-hybridized carbons (Fsp3) is 0.500. The van der Waals surface area contributed by atoms with E-state index in [9.17, 15) is 9.90 Å². The SMILES string of the molecule is C[C@H](O)c1cccnc1N1CCOCC1C(N)=O. The number of pyridine rings is 1. The van der Waals surface area contributed by atoms with Crippen LogP contribution in [-0.2, 0) is 9.53 Å². The van der Waals surface area contributed by atoms with Crippen LogP contribution in [0.4, 0.5) is 5.82 Å². The smallest absolute Gasteiger partial charge is 0.242 e. The highest BCUT2D eigenvalue weighted by Gasteiger charge is 2.30. The molecule has 1 aromatic rings. The molecule has 0 radical (unpaired) electrons. The number of aliphatic hydroxyl groups is 1. The molecule has 2 rings (SSSR count). The normalized spacial score (nSPS) is 21.7. The lowest BCUT2D eigenvalue weighted by atomic mass is 10.1. The Balaban J connectivity index is 2.36. The molecule has 1 saturated heterocycles. The standard InChI is InChI=1S/C12H17N3O3/c1-8(16)9-3-2-4-14-12(9)15-5-6-18-7-10(15)11(13)17/h2-4,8,10,16H,5-7H2,1H3,(H2,13,17)/t8-,10?/m0/s1. The largest absolute Gasteiger partial charge is 0.389 e. The van der Waals surface area contributed by atoms with E-state index in [0.29, 0.717) is 24.5 Å². The number of nitrogens with zero attached hydrogens (tertiary/aromatic N) is 2. The zero-order chi connectivity index (χ0) is 13.1. The summed E-state index contributed by atoms with van der Waals surface area (Å²) in [5.74, 6) is 0.150. The van der Waals surface area contributed by atoms with Gasteiger partial charge in [-0.25, -0.2) is 4.98 Å². The van der Waals surface area contributed by atoms with E-state index in [1.165, 1.54) is 0 Å². The summed E-state index contributed by atoms with van der Waals surface area (Å²) in [6, 6.07) is 3.01. The van der Waals surface area contributed by atoms with Crippen LogP contribution in [0.3, 0.4) is 0 Å². The minimum Gasteiger partial charge on any atom is -0.389 e. The quantitative estimate of drug-likeness (QED) is 0.778. The molecule has 2 heterocycles. The van der Waals surface area contributed by atoms with Gasteiger partial charge in [0, 0.05) is 18.3 Å². The van der Waals surface area contributed by atoms with E-state index < -0.39 is 18.1 Å². The van der Waals surface area contributed by atoms with Crippen molar-refractivity contribution in [3.05, 3.63) is 23.9 Å². The van der Waals surface area contributed by atoms with Gasteiger partial charge in [-0.05, 0) is 13.0 Å². The number of rotatable bonds is 3. The number of aromatic nitrogens is 1. The third-order valence-corrected chi connectivity index (χ3v) is 3.00. The molecule has 0 aromatic carbocycles. The lowest BCUT2D eigenvalue weighted by Gasteiger charge is -2.35. The topological polar surface area (TPSA) is 88.7 Å². The maximum Gasteiger partial charge on any atom is 0.242 e. The van der Waals surface area contributed by atoms with Crippen LogP contribution in [0.2, 0.25) is 0 Å². The van der Waals surface area contributed by atoms with Gasteiger partial charge in [0.25, 0.3) is 0 Å². The van der Waals surface area contributed by atoms with Crippen LogP contribution < -0.4 is 10.6 Å². The predicted octanol–water partition coefficient (Wildman–Crippen LogP) is -0.175. The molecule has 18 heavy (non-hydrogen) atoms. The van der Waals surface area contributed by atoms with E-state index >= 15 is 0 Å². The van der Waals surface area contributed by atoms with Gasteiger partial charge in [0.05, 0.1) is 19.3 Å². The summed E-state index contributed by atoms with van der Waals surface area (Å²) in [6.45, 7) is 2.97. The lowest BCUT2D eigenvalue weighted by molar-refractivity contribution is -0.121. The van der Waals surface area contributed by atoms with E-state index in [2.05, 4.69) is 4.98 Å². The molecule has 0 spiro atoms. The number of hydrogen-bond donors (Lipinski definition) is 2. The average molecular weight is 251 g/mol. The van der Waals surface area contributed by atoms with E-state index in [-0.39, 0.29) is 6.61 Å². The summed E-state index contributed by atoms with van der Waals surface area (Å²) in [5.41, 5.74) is 6.06. The van der Waals surface area contributed by atoms with Crippen LogP contribution in [0, 0.1) is 0 Å². The first-order chi connectivity index (χ1) is 8.61. The zero-order valence-electron chi connectivity index (χ0n) is 10.2. The van der Waals surface area contributed by atoms with E-state index in [1.807, 2.05) is 0 Å². The molecule has 0 saturated carbocycles. The fourth-order valence-electron chi connectivity index (χ4n) is 2.07. The Morgan fingerprint density at radius 2 is 2.50 bits per heavy atom. The third-order valence-electron chi connectivity index (χ3n) is 3.00. The Bertz CT molecular complexity index is 436. The minimum atomic E-state index is -0.648. The van der Waals surface area contributed by atoms with Crippen molar-refractivity contribution < 1.29 is 14.6 Å². The van der Waals surface area contributed by atoms with Crippen molar-refractivity contribution in [3.63, 3.8) is 0 Å². The Morgan fingerprint density at radius 3 is 3.17 bits per heavy atom. The van der Waals surface area contributed by atoms with Gasteiger partial charge in [-0.15, -0.1) is 0 Å². The molecule has 98 valence electrons. The first kappa shape index (κ1) is 12.8. The molecular weight excluding hydrogens is 234 g/mol. The molecule has 1 aliphatic rings. The number of ether oxygens (including phenoxy) is 1. The number of aliphatic hydroxyl groups excluding tert-OH is 1. The van der Waals surface area contributed by atoms with Crippen LogP contribution in [0.25, 0.3) is 0 Å². The minimum absolute atomic E-state index is 0.255. The second-order valence-electron chi connectivity index (χ2n) is 4.28. The predicted molar refractivity (Wildman–Crippen MR) is 66.0 cm³/mol. The Kier molecular flexibility index (Phi) is 3.78. The van der Waals surface area contributed by atoms with E-state index in [1.54, 1.807) is 30.2 Å². The third kappa shape index (κ3) is 2.44. The number of nitrogens with two attached hydrogens (primary N) is 1. The molecule has 0 bridgehead atoms. The van der Waals surface area contributed by atoms with Gasteiger partial charge in [-0.3, -0.25) is 4.79 Å². The molecular formula is C12H17N3O3. The van der Waals surface area contributed by atoms with Crippen molar-refractivity contribution in [1.29, 1.82) is 0 Å². The molecule has 1 fully saturated rings. The average Bonchev–Trinajstić information content (AvgIpc) is 2.38. The Labute approximate surface area is 105 Å². The fourth-order valence-corrected chi connectivity index (χ4v) is 2.07. The molecule has 1 unspecified atom stereocenters. The van der Waals surface area contributed by atoms with Gasteiger partial charge in [-0.1, -0.05) is 6.07 Å². The van der Waals surface area contributed by atoms with Crippen molar-refractivity contribution in [2.45, 2.75) is 19.1 Å². The summed E-state index contributed by atoms with van der Waals surface area (Å²) < 4.78 is 5.26. The summed E-state index contributed by atoms with van der Waals surface area (Å²) >= 11 is 0. The van der Waals surface area contributed by atoms with E-state index in [4.69, 9.17) is 10.5 Å². The molecule has 3 N–H and O–H groups in total. The number of hydrogen-bond acceptors (Lipinski definition) is 5. The second-order valence-corrected chi connectivity index (χ2v) is 4.28. The number of carbonyl (C=O) groups excluding carboxylic acids is 1. The van der Waals surface area contributed by atoms with Gasteiger partial charge in [-0.2, -0.15) is 0 Å². The monoisotopic (exact) mass is 251 g/mol. The van der Waals surface area contributed by atoms with Crippen molar-refractivity contribution in [2.75, 3.05) is 24.7 Å². The molecule has 2 atom stereocenters. The van der Waals surface area contributed by atoms with Crippen molar-refractivity contribution in [3.8, 4) is 0 Å². The van der Waals surface area contributed by atoms with Crippen LogP contribution >= 0.6 is 0 Å². The van der Waals surface area contributed by atoms with Gasteiger partial charge < -0.3 is 20.5 Å². The molecule has 1 amide bonds. The first-order valence-corrected chi connectivity index (χ1v) is 5.88. The summed E-state index contributed by atoms with van der Waals surface area (Å²) in [4.78, 5) is 17.5. The number of amides is 1. The maximum atomic E-state index is 11.4. The van der Waals surface area contributed by atoms with Crippen molar-refractivity contribution >= 4 is 11.7 Å². The molecule has 1 aliphatic heterocycles. The Hall–Kier alpha value is -1.66. The molecule has 1 aromatic heterocycles. The number of primary amides is 1. The summed E-state index contributed by atoms with van der Waals surface area (Å²) in [5, 5.41) is 9.75. The highest BCUT2D eigenvalue weighted by atomic mass is 16.5.